The molecular weight excluding hydrogens is 512 g/mol. The molecule has 6 nitrogen and oxygen atoms in total. The van der Waals surface area contributed by atoms with Crippen LogP contribution < -0.4 is 5.32 Å². The predicted octanol–water partition coefficient (Wildman–Crippen LogP) is 4.41. The molecule has 1 aliphatic carbocycles. The van der Waals surface area contributed by atoms with E-state index in [2.05, 4.69) is 24.0 Å². The molecule has 0 spiro atoms. The van der Waals surface area contributed by atoms with E-state index in [9.17, 15) is 19.8 Å². The summed E-state index contributed by atoms with van der Waals surface area (Å²) in [6.07, 6.45) is 3.44. The van der Waals surface area contributed by atoms with Crippen LogP contribution in [0, 0.1) is 11.8 Å². The topological polar surface area (TPSA) is 89.9 Å². The quantitative estimate of drug-likeness (QED) is 0.291. The van der Waals surface area contributed by atoms with E-state index in [1.54, 1.807) is 6.08 Å². The second kappa shape index (κ2) is 13.3. The third kappa shape index (κ3) is 6.95. The minimum Gasteiger partial charge on any atom is -0.391 e. The fourth-order valence-electron chi connectivity index (χ4n) is 6.52. The first-order valence-corrected chi connectivity index (χ1v) is 14.7. The van der Waals surface area contributed by atoms with Gasteiger partial charge in [-0.25, -0.2) is 0 Å². The number of likely N-dealkylation sites (tertiary alicyclic amines) is 1. The molecule has 214 valence electrons. The number of fused-ring (bicyclic) bond motifs is 1. The fraction of sp³-hybridized carbons (Fsp3) is 0.371. The molecule has 3 N–H and O–H groups in total. The summed E-state index contributed by atoms with van der Waals surface area (Å²) in [5.74, 6) is -0.825. The van der Waals surface area contributed by atoms with Gasteiger partial charge in [0, 0.05) is 30.8 Å². The molecule has 41 heavy (non-hydrogen) atoms. The van der Waals surface area contributed by atoms with Gasteiger partial charge in [-0.1, -0.05) is 91.0 Å². The zero-order valence-corrected chi connectivity index (χ0v) is 23.4. The maximum Gasteiger partial charge on any atom is 0.226 e. The number of β-amino-alcohol motifs (C(OH)–C–C–N with tert-alkyl or cyclic N) is 1. The lowest BCUT2D eigenvalue weighted by Gasteiger charge is -2.29. The molecule has 0 radical (unpaired) electrons. The smallest absolute Gasteiger partial charge is 0.226 e. The summed E-state index contributed by atoms with van der Waals surface area (Å²) in [5, 5.41) is 25.2. The third-order valence-electron chi connectivity index (χ3n) is 8.56. The highest BCUT2D eigenvalue weighted by atomic mass is 16.3. The Morgan fingerprint density at radius 3 is 2.37 bits per heavy atom. The van der Waals surface area contributed by atoms with Crippen LogP contribution in [-0.4, -0.2) is 51.7 Å². The van der Waals surface area contributed by atoms with E-state index in [0.717, 1.165) is 35.1 Å². The van der Waals surface area contributed by atoms with Crippen molar-refractivity contribution in [1.82, 2.24) is 10.2 Å². The number of aliphatic hydroxyl groups is 2. The number of hydrogen-bond donors (Lipinski definition) is 3. The summed E-state index contributed by atoms with van der Waals surface area (Å²) in [4.78, 5) is 28.9. The number of benzene rings is 3. The first kappa shape index (κ1) is 28.8. The summed E-state index contributed by atoms with van der Waals surface area (Å²) < 4.78 is 0. The number of amides is 2. The zero-order valence-electron chi connectivity index (χ0n) is 23.4. The molecule has 1 fully saturated rings. The Balaban J connectivity index is 1.31. The Labute approximate surface area is 242 Å². The van der Waals surface area contributed by atoms with Crippen molar-refractivity contribution in [2.45, 2.75) is 62.8 Å². The van der Waals surface area contributed by atoms with E-state index >= 15 is 0 Å². The molecule has 1 aliphatic heterocycles. The van der Waals surface area contributed by atoms with Crippen LogP contribution in [0.2, 0.25) is 0 Å². The van der Waals surface area contributed by atoms with Gasteiger partial charge in [0.05, 0.1) is 18.2 Å². The maximum absolute atomic E-state index is 13.7. The first-order chi connectivity index (χ1) is 19.9. The molecule has 0 aromatic heterocycles. The van der Waals surface area contributed by atoms with Crippen molar-refractivity contribution in [2.24, 2.45) is 11.8 Å². The van der Waals surface area contributed by atoms with Gasteiger partial charge in [0.15, 0.2) is 0 Å². The number of allylic oxidation sites excluding steroid dienone is 1. The van der Waals surface area contributed by atoms with Crippen LogP contribution in [0.4, 0.5) is 0 Å². The van der Waals surface area contributed by atoms with Crippen molar-refractivity contribution < 1.29 is 19.8 Å². The highest BCUT2D eigenvalue weighted by Gasteiger charge is 2.40. The van der Waals surface area contributed by atoms with Crippen molar-refractivity contribution in [3.05, 3.63) is 120 Å². The molecule has 1 saturated heterocycles. The van der Waals surface area contributed by atoms with Crippen molar-refractivity contribution in [2.75, 3.05) is 6.54 Å². The van der Waals surface area contributed by atoms with Gasteiger partial charge in [0.1, 0.15) is 0 Å². The second-order valence-corrected chi connectivity index (χ2v) is 11.5. The van der Waals surface area contributed by atoms with Crippen LogP contribution in [0.25, 0.3) is 0 Å². The monoisotopic (exact) mass is 552 g/mol. The van der Waals surface area contributed by atoms with Gasteiger partial charge >= 0.3 is 0 Å². The molecule has 2 amide bonds. The summed E-state index contributed by atoms with van der Waals surface area (Å²) in [6, 6.07) is 27.2. The van der Waals surface area contributed by atoms with Crippen LogP contribution >= 0.6 is 0 Å². The highest BCUT2D eigenvalue weighted by molar-refractivity contribution is 5.82. The van der Waals surface area contributed by atoms with Gasteiger partial charge in [-0.05, 0) is 54.4 Å². The van der Waals surface area contributed by atoms with Gasteiger partial charge in [-0.3, -0.25) is 9.59 Å². The molecule has 0 saturated carbocycles. The number of hydrogen-bond acceptors (Lipinski definition) is 4. The summed E-state index contributed by atoms with van der Waals surface area (Å²) in [5.41, 5.74) is 4.13. The van der Waals surface area contributed by atoms with E-state index in [1.165, 1.54) is 0 Å². The van der Waals surface area contributed by atoms with Gasteiger partial charge in [0.25, 0.3) is 0 Å². The molecule has 2 aliphatic rings. The minimum atomic E-state index is -0.875. The van der Waals surface area contributed by atoms with Crippen LogP contribution in [0.5, 0.6) is 0 Å². The molecule has 3 aromatic carbocycles. The van der Waals surface area contributed by atoms with Crippen LogP contribution in [0.3, 0.4) is 0 Å². The van der Waals surface area contributed by atoms with Crippen LogP contribution in [-0.2, 0) is 28.9 Å². The lowest BCUT2D eigenvalue weighted by molar-refractivity contribution is -0.133. The van der Waals surface area contributed by atoms with Crippen molar-refractivity contribution >= 4 is 11.8 Å². The van der Waals surface area contributed by atoms with E-state index in [-0.39, 0.29) is 36.7 Å². The molecule has 6 atom stereocenters. The SMILES string of the molecule is C=CC[C@H]1C[C@H](Cc2ccccc2)N(C[C@@H](O)C[C@@H](Cc2ccccc2)C(=O)NC2c3ccccc3C[C@H]2O)C1=O. The molecular formula is C35H40N2O4. The van der Waals surface area contributed by atoms with E-state index in [4.69, 9.17) is 0 Å². The predicted molar refractivity (Wildman–Crippen MR) is 160 cm³/mol. The standard InChI is InChI=1S/C35H40N2O4/c1-2-11-27-20-29(19-25-14-7-4-8-15-25)37(35(27)41)23-30(38)21-28(18-24-12-5-3-6-13-24)34(40)36-33-31-17-10-9-16-26(31)22-32(33)39/h2-10,12-17,27-30,32-33,38-39H,1,11,18-23H2,(H,36,40)/t27-,28+,29-,30-,32+,33?/m0/s1. The number of carbonyl (C=O) groups is 2. The Morgan fingerprint density at radius 2 is 1.66 bits per heavy atom. The van der Waals surface area contributed by atoms with Crippen LogP contribution in [0.15, 0.2) is 97.6 Å². The Hall–Kier alpha value is -3.74. The maximum atomic E-state index is 13.7. The Kier molecular flexibility index (Phi) is 9.32. The molecule has 1 unspecified atom stereocenters. The highest BCUT2D eigenvalue weighted by Crippen LogP contribution is 2.33. The minimum absolute atomic E-state index is 0.0176. The summed E-state index contributed by atoms with van der Waals surface area (Å²) in [7, 11) is 0. The number of nitrogens with one attached hydrogen (secondary N) is 1. The number of carbonyl (C=O) groups excluding carboxylic acids is 2. The largest absolute Gasteiger partial charge is 0.391 e. The Bertz CT molecular complexity index is 1330. The lowest BCUT2D eigenvalue weighted by atomic mass is 9.91. The van der Waals surface area contributed by atoms with Gasteiger partial charge in [0.2, 0.25) is 11.8 Å². The fourth-order valence-corrected chi connectivity index (χ4v) is 6.52. The molecule has 0 bridgehead atoms. The first-order valence-electron chi connectivity index (χ1n) is 14.7. The van der Waals surface area contributed by atoms with E-state index in [0.29, 0.717) is 19.3 Å². The molecule has 6 heteroatoms. The van der Waals surface area contributed by atoms with Gasteiger partial charge < -0.3 is 20.4 Å². The van der Waals surface area contributed by atoms with Crippen molar-refractivity contribution in [3.8, 4) is 0 Å². The van der Waals surface area contributed by atoms with Crippen LogP contribution in [0.1, 0.15) is 47.6 Å². The normalized spacial score (nSPS) is 23.2. The number of aliphatic hydroxyl groups excluding tert-OH is 2. The average Bonchev–Trinajstić information content (AvgIpc) is 3.44. The second-order valence-electron chi connectivity index (χ2n) is 11.5. The number of nitrogens with zero attached hydrogens (tertiary/aromatic N) is 1. The van der Waals surface area contributed by atoms with Crippen molar-refractivity contribution in [3.63, 3.8) is 0 Å². The summed E-state index contributed by atoms with van der Waals surface area (Å²) in [6.45, 7) is 4.01. The molecule has 3 aromatic rings. The third-order valence-corrected chi connectivity index (χ3v) is 8.56. The van der Waals surface area contributed by atoms with Crippen molar-refractivity contribution in [1.29, 1.82) is 0 Å². The van der Waals surface area contributed by atoms with E-state index < -0.39 is 24.2 Å². The van der Waals surface area contributed by atoms with E-state index in [1.807, 2.05) is 77.7 Å². The number of rotatable bonds is 12. The van der Waals surface area contributed by atoms with Gasteiger partial charge in [-0.15, -0.1) is 6.58 Å². The van der Waals surface area contributed by atoms with Gasteiger partial charge in [-0.2, -0.15) is 0 Å². The lowest BCUT2D eigenvalue weighted by Crippen LogP contribution is -2.43. The zero-order chi connectivity index (χ0) is 28.8. The average molecular weight is 553 g/mol. The Morgan fingerprint density at radius 1 is 1.00 bits per heavy atom. The molecule has 5 rings (SSSR count). The molecule has 1 heterocycles. The summed E-state index contributed by atoms with van der Waals surface area (Å²) >= 11 is 0.